The van der Waals surface area contributed by atoms with E-state index in [4.69, 9.17) is 27.9 Å². The Morgan fingerprint density at radius 2 is 1.90 bits per heavy atom. The van der Waals surface area contributed by atoms with Crippen LogP contribution in [0, 0.1) is 17.8 Å². The lowest BCUT2D eigenvalue weighted by molar-refractivity contribution is -0.117. The van der Waals surface area contributed by atoms with Crippen LogP contribution in [0.15, 0.2) is 41.3 Å². The smallest absolute Gasteiger partial charge is 0.262 e. The number of carbonyl (C=O) groups excluding carboxylic acids is 1. The van der Waals surface area contributed by atoms with Crippen molar-refractivity contribution in [1.82, 2.24) is 0 Å². The molecule has 31 heavy (non-hydrogen) atoms. The molecule has 0 spiro atoms. The fourth-order valence-corrected chi connectivity index (χ4v) is 6.24. The molecule has 6 nitrogen and oxygen atoms in total. The van der Waals surface area contributed by atoms with Crippen molar-refractivity contribution in [2.75, 3.05) is 17.1 Å². The number of nitrogens with one attached hydrogen (secondary N) is 2. The highest BCUT2D eigenvalue weighted by Crippen LogP contribution is 2.49. The maximum absolute atomic E-state index is 12.8. The molecule has 0 unspecified atom stereocenters. The first kappa shape index (κ1) is 22.2. The zero-order valence-corrected chi connectivity index (χ0v) is 19.4. The van der Waals surface area contributed by atoms with E-state index in [2.05, 4.69) is 10.0 Å². The van der Waals surface area contributed by atoms with E-state index in [9.17, 15) is 13.2 Å². The van der Waals surface area contributed by atoms with Crippen LogP contribution in [0.3, 0.4) is 0 Å². The number of sulfonamides is 1. The second kappa shape index (κ2) is 8.88. The van der Waals surface area contributed by atoms with Crippen molar-refractivity contribution >= 4 is 50.5 Å². The van der Waals surface area contributed by atoms with E-state index >= 15 is 0 Å². The Morgan fingerprint density at radius 1 is 1.10 bits per heavy atom. The number of methoxy groups -OCH3 is 1. The number of ether oxygens (including phenoxy) is 1. The van der Waals surface area contributed by atoms with Gasteiger partial charge in [-0.2, -0.15) is 0 Å². The summed E-state index contributed by atoms with van der Waals surface area (Å²) < 4.78 is 33.4. The van der Waals surface area contributed by atoms with Crippen molar-refractivity contribution in [2.24, 2.45) is 17.8 Å². The van der Waals surface area contributed by atoms with Crippen LogP contribution in [0.2, 0.25) is 10.0 Å². The van der Waals surface area contributed by atoms with Crippen molar-refractivity contribution < 1.29 is 17.9 Å². The fraction of sp³-hybridized carbons (Fsp3) is 0.409. The van der Waals surface area contributed by atoms with Gasteiger partial charge in [-0.15, -0.1) is 0 Å². The van der Waals surface area contributed by atoms with Gasteiger partial charge in [-0.05, 0) is 73.4 Å². The standard InChI is InChI=1S/C22H24Cl2N2O4S/c1-30-21-7-4-16(25-22(27)10-15-9-13-2-3-14(15)8-13)11-20(21)26-31(28,29)17-5-6-18(23)19(24)12-17/h4-7,11-15,26H,2-3,8-10H2,1H3,(H,25,27)/t13-,14+,15-/m0/s1. The number of hydrogen-bond acceptors (Lipinski definition) is 4. The number of anilines is 2. The van der Waals surface area contributed by atoms with Gasteiger partial charge >= 0.3 is 0 Å². The van der Waals surface area contributed by atoms with Crippen molar-refractivity contribution in [3.05, 3.63) is 46.4 Å². The number of carbonyl (C=O) groups is 1. The quantitative estimate of drug-likeness (QED) is 0.540. The minimum absolute atomic E-state index is 0.0327. The van der Waals surface area contributed by atoms with E-state index in [0.717, 1.165) is 12.3 Å². The first-order chi connectivity index (χ1) is 14.7. The van der Waals surface area contributed by atoms with Crippen molar-refractivity contribution in [3.63, 3.8) is 0 Å². The molecule has 2 aromatic rings. The zero-order valence-electron chi connectivity index (χ0n) is 17.0. The van der Waals surface area contributed by atoms with E-state index in [-0.39, 0.29) is 26.5 Å². The van der Waals surface area contributed by atoms with Crippen molar-refractivity contribution in [2.45, 2.75) is 37.0 Å². The van der Waals surface area contributed by atoms with Crippen LogP contribution < -0.4 is 14.8 Å². The summed E-state index contributed by atoms with van der Waals surface area (Å²) in [5.41, 5.74) is 0.715. The molecule has 9 heteroatoms. The molecule has 0 saturated heterocycles. The molecule has 2 N–H and O–H groups in total. The third-order valence-electron chi connectivity index (χ3n) is 6.26. The van der Waals surface area contributed by atoms with Gasteiger partial charge in [-0.3, -0.25) is 9.52 Å². The predicted molar refractivity (Wildman–Crippen MR) is 122 cm³/mol. The van der Waals surface area contributed by atoms with Gasteiger partial charge in [-0.25, -0.2) is 8.42 Å². The number of amides is 1. The Balaban J connectivity index is 1.49. The molecule has 166 valence electrons. The molecular formula is C22H24Cl2N2O4S. The summed E-state index contributed by atoms with van der Waals surface area (Å²) in [6, 6.07) is 8.91. The summed E-state index contributed by atoms with van der Waals surface area (Å²) >= 11 is 11.8. The summed E-state index contributed by atoms with van der Waals surface area (Å²) in [6.45, 7) is 0. The van der Waals surface area contributed by atoms with Gasteiger partial charge in [0.05, 0.1) is 27.7 Å². The van der Waals surface area contributed by atoms with Gasteiger partial charge in [0.1, 0.15) is 5.75 Å². The average Bonchev–Trinajstić information content (AvgIpc) is 3.33. The Labute approximate surface area is 192 Å². The van der Waals surface area contributed by atoms with Gasteiger partial charge in [0.15, 0.2) is 0 Å². The van der Waals surface area contributed by atoms with Crippen LogP contribution in [-0.2, 0) is 14.8 Å². The summed E-state index contributed by atoms with van der Waals surface area (Å²) in [7, 11) is -2.50. The minimum atomic E-state index is -3.94. The maximum Gasteiger partial charge on any atom is 0.262 e. The average molecular weight is 483 g/mol. The second-order valence-corrected chi connectivity index (χ2v) is 10.8. The molecule has 2 aromatic carbocycles. The molecule has 0 radical (unpaired) electrons. The summed E-state index contributed by atoms with van der Waals surface area (Å²) in [5, 5.41) is 3.29. The highest BCUT2D eigenvalue weighted by atomic mass is 35.5. The molecule has 2 saturated carbocycles. The van der Waals surface area contributed by atoms with Gasteiger partial charge in [0.25, 0.3) is 10.0 Å². The van der Waals surface area contributed by atoms with Crippen LogP contribution >= 0.6 is 23.2 Å². The molecule has 2 bridgehead atoms. The normalized spacial score (nSPS) is 22.4. The van der Waals surface area contributed by atoms with Gasteiger partial charge in [0.2, 0.25) is 5.91 Å². The van der Waals surface area contributed by atoms with Crippen molar-refractivity contribution in [1.29, 1.82) is 0 Å². The first-order valence-corrected chi connectivity index (χ1v) is 12.4. The molecule has 2 aliphatic rings. The molecule has 2 fully saturated rings. The third kappa shape index (κ3) is 4.94. The molecule has 3 atom stereocenters. The third-order valence-corrected chi connectivity index (χ3v) is 8.36. The Kier molecular flexibility index (Phi) is 6.37. The lowest BCUT2D eigenvalue weighted by Gasteiger charge is -2.21. The Morgan fingerprint density at radius 3 is 2.55 bits per heavy atom. The largest absolute Gasteiger partial charge is 0.495 e. The lowest BCUT2D eigenvalue weighted by Crippen LogP contribution is -2.20. The monoisotopic (exact) mass is 482 g/mol. The fourth-order valence-electron chi connectivity index (χ4n) is 4.79. The van der Waals surface area contributed by atoms with Crippen LogP contribution in [-0.4, -0.2) is 21.4 Å². The summed E-state index contributed by atoms with van der Waals surface area (Å²) in [6.07, 6.45) is 5.41. The number of benzene rings is 2. The van der Waals surface area contributed by atoms with E-state index < -0.39 is 10.0 Å². The highest BCUT2D eigenvalue weighted by molar-refractivity contribution is 7.92. The van der Waals surface area contributed by atoms with E-state index in [1.54, 1.807) is 18.2 Å². The minimum Gasteiger partial charge on any atom is -0.495 e. The highest BCUT2D eigenvalue weighted by Gasteiger charge is 2.40. The van der Waals surface area contributed by atoms with Crippen LogP contribution in [0.5, 0.6) is 5.75 Å². The molecule has 4 rings (SSSR count). The molecular weight excluding hydrogens is 459 g/mol. The molecule has 0 aliphatic heterocycles. The second-order valence-electron chi connectivity index (χ2n) is 8.28. The van der Waals surface area contributed by atoms with Crippen LogP contribution in [0.1, 0.15) is 32.1 Å². The maximum atomic E-state index is 12.8. The van der Waals surface area contributed by atoms with Crippen LogP contribution in [0.4, 0.5) is 11.4 Å². The Hall–Kier alpha value is -1.96. The number of hydrogen-bond donors (Lipinski definition) is 2. The van der Waals surface area contributed by atoms with E-state index in [1.807, 2.05) is 0 Å². The van der Waals surface area contributed by atoms with E-state index in [0.29, 0.717) is 29.7 Å². The summed E-state index contributed by atoms with van der Waals surface area (Å²) in [5.74, 6) is 2.17. The Bertz CT molecular complexity index is 1110. The lowest BCUT2D eigenvalue weighted by atomic mass is 9.86. The molecule has 0 heterocycles. The predicted octanol–water partition coefficient (Wildman–Crippen LogP) is 5.57. The first-order valence-electron chi connectivity index (χ1n) is 10.2. The van der Waals surface area contributed by atoms with Crippen molar-refractivity contribution in [3.8, 4) is 5.75 Å². The summed E-state index contributed by atoms with van der Waals surface area (Å²) in [4.78, 5) is 12.5. The van der Waals surface area contributed by atoms with Gasteiger partial charge in [-0.1, -0.05) is 29.6 Å². The van der Waals surface area contributed by atoms with Gasteiger partial charge in [0, 0.05) is 12.1 Å². The molecule has 0 aromatic heterocycles. The van der Waals surface area contributed by atoms with Crippen LogP contribution in [0.25, 0.3) is 0 Å². The number of rotatable bonds is 7. The number of halogens is 2. The molecule has 2 aliphatic carbocycles. The van der Waals surface area contributed by atoms with E-state index in [1.165, 1.54) is 44.6 Å². The number of fused-ring (bicyclic) bond motifs is 2. The molecule has 1 amide bonds. The SMILES string of the molecule is COc1ccc(NC(=O)C[C@@H]2C[C@H]3CC[C@@H]2C3)cc1NS(=O)(=O)c1ccc(Cl)c(Cl)c1. The van der Waals surface area contributed by atoms with Gasteiger partial charge < -0.3 is 10.1 Å². The topological polar surface area (TPSA) is 84.5 Å². The zero-order chi connectivity index (χ0) is 22.2.